The number of pyridine rings is 1. The van der Waals surface area contributed by atoms with E-state index in [1.807, 2.05) is 54.0 Å². The minimum atomic E-state index is -0.197. The standard InChI is InChI=1S/C22H22N8O2/c1-14(27-20-18-19(24-12-23-18)25-13-26-20)21-28-16-8-9-17(32-11-10-31-2)29-22(16)30(21)15-6-4-3-5-7-15/h3-9,12-14H,10-11H2,1-2H3,(H2,23,24,25,26,27)/t14-/m0/s1. The number of hydrogen-bond donors (Lipinski definition) is 2. The van der Waals surface area contributed by atoms with Crippen molar-refractivity contribution in [3.63, 3.8) is 0 Å². The molecule has 4 aromatic heterocycles. The van der Waals surface area contributed by atoms with E-state index < -0.39 is 0 Å². The zero-order valence-electron chi connectivity index (χ0n) is 17.7. The zero-order valence-corrected chi connectivity index (χ0v) is 17.7. The van der Waals surface area contributed by atoms with Gasteiger partial charge < -0.3 is 19.8 Å². The Morgan fingerprint density at radius 1 is 1.03 bits per heavy atom. The summed E-state index contributed by atoms with van der Waals surface area (Å²) in [4.78, 5) is 25.5. The van der Waals surface area contributed by atoms with Gasteiger partial charge in [0, 0.05) is 18.9 Å². The summed E-state index contributed by atoms with van der Waals surface area (Å²) in [6.07, 6.45) is 3.10. The first kappa shape index (κ1) is 19.9. The van der Waals surface area contributed by atoms with Gasteiger partial charge in [-0.2, -0.15) is 4.98 Å². The van der Waals surface area contributed by atoms with Gasteiger partial charge in [0.2, 0.25) is 5.88 Å². The summed E-state index contributed by atoms with van der Waals surface area (Å²) in [6.45, 7) is 2.94. The second-order valence-corrected chi connectivity index (χ2v) is 7.16. The number of imidazole rings is 2. The Bertz CT molecular complexity index is 1350. The molecule has 1 aromatic carbocycles. The number of para-hydroxylation sites is 1. The molecule has 10 nitrogen and oxygen atoms in total. The van der Waals surface area contributed by atoms with Crippen LogP contribution in [0.5, 0.6) is 5.88 Å². The summed E-state index contributed by atoms with van der Waals surface area (Å²) in [7, 11) is 1.64. The number of ether oxygens (including phenoxy) is 2. The molecule has 0 radical (unpaired) electrons. The first-order valence-corrected chi connectivity index (χ1v) is 10.2. The SMILES string of the molecule is COCCOc1ccc2nc([C@H](C)Nc3ncnc4[nH]cnc34)n(-c3ccccc3)c2n1. The van der Waals surface area contributed by atoms with E-state index in [-0.39, 0.29) is 6.04 Å². The van der Waals surface area contributed by atoms with E-state index in [2.05, 4.69) is 25.3 Å². The summed E-state index contributed by atoms with van der Waals surface area (Å²) in [5.74, 6) is 1.94. The van der Waals surface area contributed by atoms with Gasteiger partial charge in [0.05, 0.1) is 19.0 Å². The summed E-state index contributed by atoms with van der Waals surface area (Å²) < 4.78 is 12.8. The second-order valence-electron chi connectivity index (χ2n) is 7.16. The van der Waals surface area contributed by atoms with Crippen LogP contribution in [0.25, 0.3) is 28.0 Å². The molecular formula is C22H22N8O2. The average Bonchev–Trinajstić information content (AvgIpc) is 3.45. The van der Waals surface area contributed by atoms with Crippen LogP contribution in [0.15, 0.2) is 55.1 Å². The van der Waals surface area contributed by atoms with Crippen LogP contribution in [0.2, 0.25) is 0 Å². The number of hydrogen-bond acceptors (Lipinski definition) is 8. The van der Waals surface area contributed by atoms with Crippen molar-refractivity contribution in [2.45, 2.75) is 13.0 Å². The van der Waals surface area contributed by atoms with Gasteiger partial charge in [-0.3, -0.25) is 4.57 Å². The van der Waals surface area contributed by atoms with E-state index in [1.54, 1.807) is 13.4 Å². The third kappa shape index (κ3) is 3.71. The lowest BCUT2D eigenvalue weighted by Gasteiger charge is -2.16. The molecule has 2 N–H and O–H groups in total. The van der Waals surface area contributed by atoms with Crippen LogP contribution in [0.4, 0.5) is 5.82 Å². The van der Waals surface area contributed by atoms with Crippen LogP contribution in [0, 0.1) is 0 Å². The molecule has 162 valence electrons. The largest absolute Gasteiger partial charge is 0.475 e. The summed E-state index contributed by atoms with van der Waals surface area (Å²) in [5.41, 5.74) is 3.78. The van der Waals surface area contributed by atoms with E-state index in [0.29, 0.717) is 41.7 Å². The summed E-state index contributed by atoms with van der Waals surface area (Å²) in [6, 6.07) is 13.5. The zero-order chi connectivity index (χ0) is 21.9. The number of nitrogens with one attached hydrogen (secondary N) is 2. The second kappa shape index (κ2) is 8.60. The Labute approximate surface area is 183 Å². The maximum absolute atomic E-state index is 5.73. The van der Waals surface area contributed by atoms with Crippen molar-refractivity contribution in [1.82, 2.24) is 34.5 Å². The highest BCUT2D eigenvalue weighted by atomic mass is 16.5. The summed E-state index contributed by atoms with van der Waals surface area (Å²) in [5, 5.41) is 3.42. The van der Waals surface area contributed by atoms with E-state index >= 15 is 0 Å². The first-order valence-electron chi connectivity index (χ1n) is 10.2. The summed E-state index contributed by atoms with van der Waals surface area (Å²) >= 11 is 0. The third-order valence-electron chi connectivity index (χ3n) is 5.01. The van der Waals surface area contributed by atoms with Gasteiger partial charge in [-0.15, -0.1) is 0 Å². The van der Waals surface area contributed by atoms with Crippen molar-refractivity contribution in [3.05, 3.63) is 60.9 Å². The van der Waals surface area contributed by atoms with E-state index in [9.17, 15) is 0 Å². The first-order chi connectivity index (χ1) is 15.7. The number of aromatic nitrogens is 7. The molecule has 4 heterocycles. The number of H-pyrrole nitrogens is 1. The van der Waals surface area contributed by atoms with Crippen LogP contribution in [0.1, 0.15) is 18.8 Å². The molecule has 32 heavy (non-hydrogen) atoms. The Kier molecular flexibility index (Phi) is 5.34. The number of nitrogens with zero attached hydrogens (tertiary/aromatic N) is 6. The highest BCUT2D eigenvalue weighted by Gasteiger charge is 2.21. The number of fused-ring (bicyclic) bond motifs is 2. The smallest absolute Gasteiger partial charge is 0.215 e. The lowest BCUT2D eigenvalue weighted by Crippen LogP contribution is -2.14. The molecule has 0 unspecified atom stereocenters. The molecule has 0 saturated carbocycles. The lowest BCUT2D eigenvalue weighted by atomic mass is 10.2. The van der Waals surface area contributed by atoms with Crippen LogP contribution >= 0.6 is 0 Å². The van der Waals surface area contributed by atoms with Crippen molar-refractivity contribution in [2.75, 3.05) is 25.6 Å². The molecule has 0 bridgehead atoms. The van der Waals surface area contributed by atoms with Crippen molar-refractivity contribution in [1.29, 1.82) is 0 Å². The molecule has 0 spiro atoms. The van der Waals surface area contributed by atoms with Gasteiger partial charge in [-0.25, -0.2) is 19.9 Å². The van der Waals surface area contributed by atoms with Crippen molar-refractivity contribution in [2.24, 2.45) is 0 Å². The quantitative estimate of drug-likeness (QED) is 0.360. The normalized spacial score (nSPS) is 12.3. The van der Waals surface area contributed by atoms with E-state index in [1.165, 1.54) is 6.33 Å². The molecule has 0 fully saturated rings. The van der Waals surface area contributed by atoms with Crippen LogP contribution < -0.4 is 10.1 Å². The topological polar surface area (TPSA) is 116 Å². The minimum absolute atomic E-state index is 0.197. The van der Waals surface area contributed by atoms with Gasteiger partial charge in [0.15, 0.2) is 17.1 Å². The molecule has 0 aliphatic heterocycles. The number of aromatic amines is 1. The van der Waals surface area contributed by atoms with Gasteiger partial charge in [-0.1, -0.05) is 18.2 Å². The predicted octanol–water partition coefficient (Wildman–Crippen LogP) is 3.29. The Balaban J connectivity index is 1.57. The average molecular weight is 430 g/mol. The van der Waals surface area contributed by atoms with Crippen LogP contribution in [0.3, 0.4) is 0 Å². The lowest BCUT2D eigenvalue weighted by molar-refractivity contribution is 0.144. The predicted molar refractivity (Wildman–Crippen MR) is 120 cm³/mol. The molecule has 0 saturated heterocycles. The maximum atomic E-state index is 5.73. The fourth-order valence-corrected chi connectivity index (χ4v) is 3.53. The number of anilines is 1. The highest BCUT2D eigenvalue weighted by molar-refractivity contribution is 5.82. The molecule has 0 amide bonds. The van der Waals surface area contributed by atoms with E-state index in [4.69, 9.17) is 19.4 Å². The van der Waals surface area contributed by atoms with Crippen molar-refractivity contribution < 1.29 is 9.47 Å². The van der Waals surface area contributed by atoms with E-state index in [0.717, 1.165) is 17.0 Å². The van der Waals surface area contributed by atoms with Crippen LogP contribution in [-0.4, -0.2) is 54.8 Å². The minimum Gasteiger partial charge on any atom is -0.475 e. The maximum Gasteiger partial charge on any atom is 0.215 e. The van der Waals surface area contributed by atoms with Crippen LogP contribution in [-0.2, 0) is 4.74 Å². The molecule has 5 aromatic rings. The monoisotopic (exact) mass is 430 g/mol. The third-order valence-corrected chi connectivity index (χ3v) is 5.01. The molecule has 0 aliphatic rings. The fourth-order valence-electron chi connectivity index (χ4n) is 3.53. The molecule has 0 aliphatic carbocycles. The van der Waals surface area contributed by atoms with Gasteiger partial charge in [-0.05, 0) is 25.1 Å². The Morgan fingerprint density at radius 3 is 2.75 bits per heavy atom. The fraction of sp³-hybridized carbons (Fsp3) is 0.227. The van der Waals surface area contributed by atoms with Crippen molar-refractivity contribution >= 4 is 28.1 Å². The molecular weight excluding hydrogens is 408 g/mol. The van der Waals surface area contributed by atoms with Gasteiger partial charge >= 0.3 is 0 Å². The molecule has 1 atom stereocenters. The highest BCUT2D eigenvalue weighted by Crippen LogP contribution is 2.28. The van der Waals surface area contributed by atoms with Crippen molar-refractivity contribution in [3.8, 4) is 11.6 Å². The van der Waals surface area contributed by atoms with Gasteiger partial charge in [0.1, 0.15) is 29.8 Å². The molecule has 5 rings (SSSR count). The Hall–Kier alpha value is -4.05. The number of methoxy groups -OCH3 is 1. The number of rotatable bonds is 8. The molecule has 10 heteroatoms. The number of benzene rings is 1. The Morgan fingerprint density at radius 2 is 1.91 bits per heavy atom. The van der Waals surface area contributed by atoms with Gasteiger partial charge in [0.25, 0.3) is 0 Å².